The number of ether oxygens (including phenoxy) is 1. The van der Waals surface area contributed by atoms with Gasteiger partial charge in [-0.3, -0.25) is 9.59 Å². The zero-order valence-corrected chi connectivity index (χ0v) is 8.74. The van der Waals surface area contributed by atoms with Crippen molar-refractivity contribution >= 4 is 11.9 Å². The molecule has 1 aromatic carbocycles. The number of carbonyl (C=O) groups is 2. The Labute approximate surface area is 88.1 Å². The van der Waals surface area contributed by atoms with Crippen molar-refractivity contribution in [2.75, 3.05) is 0 Å². The number of aryl methyl sites for hydroxylation is 2. The highest BCUT2D eigenvalue weighted by atomic mass is 16.6. The number of cyclic esters (lactones) is 2. The molecule has 0 spiro atoms. The molecule has 0 N–H and O–H groups in total. The van der Waals surface area contributed by atoms with Gasteiger partial charge < -0.3 is 4.74 Å². The lowest BCUT2D eigenvalue weighted by Crippen LogP contribution is -2.07. The molecule has 0 saturated carbocycles. The van der Waals surface area contributed by atoms with Crippen LogP contribution >= 0.6 is 0 Å². The predicted molar refractivity (Wildman–Crippen MR) is 54.4 cm³/mol. The summed E-state index contributed by atoms with van der Waals surface area (Å²) < 4.78 is 4.55. The normalized spacial score (nSPS) is 20.5. The van der Waals surface area contributed by atoms with E-state index < -0.39 is 17.9 Å². The van der Waals surface area contributed by atoms with E-state index in [0.29, 0.717) is 0 Å². The Morgan fingerprint density at radius 2 is 2.00 bits per heavy atom. The zero-order chi connectivity index (χ0) is 11.0. The lowest BCUT2D eigenvalue weighted by atomic mass is 9.92. The third kappa shape index (κ3) is 1.77. The van der Waals surface area contributed by atoms with Crippen molar-refractivity contribution in [1.82, 2.24) is 0 Å². The van der Waals surface area contributed by atoms with Gasteiger partial charge in [-0.2, -0.15) is 0 Å². The minimum Gasteiger partial charge on any atom is -0.393 e. The molecule has 1 unspecified atom stereocenters. The van der Waals surface area contributed by atoms with E-state index in [1.54, 1.807) is 0 Å². The Morgan fingerprint density at radius 3 is 2.60 bits per heavy atom. The lowest BCUT2D eigenvalue weighted by molar-refractivity contribution is -0.152. The van der Waals surface area contributed by atoms with E-state index in [0.717, 1.165) is 16.7 Å². The molecule has 3 nitrogen and oxygen atoms in total. The summed E-state index contributed by atoms with van der Waals surface area (Å²) in [4.78, 5) is 22.4. The fourth-order valence-corrected chi connectivity index (χ4v) is 1.85. The number of benzene rings is 1. The number of hydrogen-bond acceptors (Lipinski definition) is 3. The maximum absolute atomic E-state index is 11.4. The average molecular weight is 204 g/mol. The van der Waals surface area contributed by atoms with Crippen LogP contribution in [0.15, 0.2) is 18.2 Å². The monoisotopic (exact) mass is 204 g/mol. The van der Waals surface area contributed by atoms with E-state index >= 15 is 0 Å². The van der Waals surface area contributed by atoms with E-state index in [4.69, 9.17) is 0 Å². The molecular weight excluding hydrogens is 192 g/mol. The van der Waals surface area contributed by atoms with E-state index in [2.05, 4.69) is 4.74 Å². The first-order valence-electron chi connectivity index (χ1n) is 4.89. The molecule has 1 aromatic rings. The van der Waals surface area contributed by atoms with Gasteiger partial charge in [0, 0.05) is 0 Å². The van der Waals surface area contributed by atoms with Gasteiger partial charge in [0.05, 0.1) is 12.3 Å². The topological polar surface area (TPSA) is 43.4 Å². The number of esters is 2. The van der Waals surface area contributed by atoms with Gasteiger partial charge >= 0.3 is 11.9 Å². The van der Waals surface area contributed by atoms with Crippen molar-refractivity contribution in [2.45, 2.75) is 26.2 Å². The van der Waals surface area contributed by atoms with Crippen LogP contribution in [0.2, 0.25) is 0 Å². The molecule has 1 atom stereocenters. The number of hydrogen-bond donors (Lipinski definition) is 0. The zero-order valence-electron chi connectivity index (χ0n) is 8.74. The Kier molecular flexibility index (Phi) is 2.31. The van der Waals surface area contributed by atoms with Gasteiger partial charge in [-0.25, -0.2) is 0 Å². The quantitative estimate of drug-likeness (QED) is 0.518. The minimum absolute atomic E-state index is 0.170. The first kappa shape index (κ1) is 9.90. The van der Waals surface area contributed by atoms with E-state index in [1.165, 1.54) is 0 Å². The highest BCUT2D eigenvalue weighted by Gasteiger charge is 2.35. The molecule has 0 aromatic heterocycles. The standard InChI is InChI=1S/C12H12O3/c1-7-3-4-8(2)9(5-7)10-6-11(13)15-12(10)14/h3-5,10H,6H2,1-2H3. The largest absolute Gasteiger partial charge is 0.393 e. The molecule has 1 saturated heterocycles. The number of rotatable bonds is 1. The van der Waals surface area contributed by atoms with Crippen LogP contribution in [-0.2, 0) is 14.3 Å². The van der Waals surface area contributed by atoms with E-state index in [1.807, 2.05) is 32.0 Å². The Morgan fingerprint density at radius 1 is 1.27 bits per heavy atom. The summed E-state index contributed by atoms with van der Waals surface area (Å²) in [7, 11) is 0. The van der Waals surface area contributed by atoms with Crippen LogP contribution in [0.5, 0.6) is 0 Å². The summed E-state index contributed by atoms with van der Waals surface area (Å²) in [6.45, 7) is 3.90. The maximum atomic E-state index is 11.4. The fraction of sp³-hybridized carbons (Fsp3) is 0.333. The molecule has 1 aliphatic heterocycles. The fourth-order valence-electron chi connectivity index (χ4n) is 1.85. The van der Waals surface area contributed by atoms with E-state index in [9.17, 15) is 9.59 Å². The highest BCUT2D eigenvalue weighted by Crippen LogP contribution is 2.30. The van der Waals surface area contributed by atoms with Crippen molar-refractivity contribution in [2.24, 2.45) is 0 Å². The van der Waals surface area contributed by atoms with Crippen LogP contribution in [-0.4, -0.2) is 11.9 Å². The van der Waals surface area contributed by atoms with Crippen molar-refractivity contribution in [3.63, 3.8) is 0 Å². The summed E-state index contributed by atoms with van der Waals surface area (Å²) in [5.41, 5.74) is 3.02. The van der Waals surface area contributed by atoms with E-state index in [-0.39, 0.29) is 6.42 Å². The summed E-state index contributed by atoms with van der Waals surface area (Å²) in [6.07, 6.45) is 0.170. The molecule has 1 fully saturated rings. The first-order chi connectivity index (χ1) is 7.08. The second-order valence-corrected chi connectivity index (χ2v) is 3.91. The first-order valence-corrected chi connectivity index (χ1v) is 4.89. The highest BCUT2D eigenvalue weighted by molar-refractivity contribution is 5.98. The molecule has 0 bridgehead atoms. The van der Waals surface area contributed by atoms with Gasteiger partial charge in [0.25, 0.3) is 0 Å². The summed E-state index contributed by atoms with van der Waals surface area (Å²) in [5, 5.41) is 0. The third-order valence-corrected chi connectivity index (χ3v) is 2.68. The summed E-state index contributed by atoms with van der Waals surface area (Å²) in [6, 6.07) is 5.89. The van der Waals surface area contributed by atoms with Crippen LogP contribution in [0.1, 0.15) is 29.0 Å². The van der Waals surface area contributed by atoms with Gasteiger partial charge in [-0.05, 0) is 25.0 Å². The van der Waals surface area contributed by atoms with Crippen LogP contribution in [0, 0.1) is 13.8 Å². The molecule has 3 heteroatoms. The molecule has 0 radical (unpaired) electrons. The van der Waals surface area contributed by atoms with Gasteiger partial charge in [-0.1, -0.05) is 23.8 Å². The molecule has 0 aliphatic carbocycles. The molecule has 15 heavy (non-hydrogen) atoms. The maximum Gasteiger partial charge on any atom is 0.321 e. The molecule has 1 aliphatic rings. The van der Waals surface area contributed by atoms with Crippen molar-refractivity contribution < 1.29 is 14.3 Å². The average Bonchev–Trinajstić information content (AvgIpc) is 2.50. The lowest BCUT2D eigenvalue weighted by Gasteiger charge is -2.09. The second kappa shape index (κ2) is 3.50. The third-order valence-electron chi connectivity index (χ3n) is 2.68. The Hall–Kier alpha value is -1.64. The van der Waals surface area contributed by atoms with Crippen molar-refractivity contribution in [3.05, 3.63) is 34.9 Å². The summed E-state index contributed by atoms with van der Waals surface area (Å²) in [5.74, 6) is -1.25. The smallest absolute Gasteiger partial charge is 0.321 e. The van der Waals surface area contributed by atoms with Crippen LogP contribution in [0.4, 0.5) is 0 Å². The van der Waals surface area contributed by atoms with Gasteiger partial charge in [0.15, 0.2) is 0 Å². The Balaban J connectivity index is 2.41. The molecule has 1 heterocycles. The molecule has 2 rings (SSSR count). The van der Waals surface area contributed by atoms with Gasteiger partial charge in [-0.15, -0.1) is 0 Å². The molecule has 78 valence electrons. The molecular formula is C12H12O3. The minimum atomic E-state index is -0.425. The van der Waals surface area contributed by atoms with Crippen LogP contribution in [0.25, 0.3) is 0 Å². The molecule has 0 amide bonds. The van der Waals surface area contributed by atoms with Gasteiger partial charge in [0.2, 0.25) is 0 Å². The second-order valence-electron chi connectivity index (χ2n) is 3.91. The van der Waals surface area contributed by atoms with Crippen molar-refractivity contribution in [3.8, 4) is 0 Å². The SMILES string of the molecule is Cc1ccc(C)c(C2CC(=O)OC2=O)c1. The Bertz CT molecular complexity index is 434. The van der Waals surface area contributed by atoms with Crippen LogP contribution in [0.3, 0.4) is 0 Å². The van der Waals surface area contributed by atoms with Gasteiger partial charge in [0.1, 0.15) is 0 Å². The predicted octanol–water partition coefficient (Wildman–Crippen LogP) is 1.86. The summed E-state index contributed by atoms with van der Waals surface area (Å²) >= 11 is 0. The number of carbonyl (C=O) groups excluding carboxylic acids is 2. The van der Waals surface area contributed by atoms with Crippen LogP contribution < -0.4 is 0 Å². The van der Waals surface area contributed by atoms with Crippen molar-refractivity contribution in [1.29, 1.82) is 0 Å².